The monoisotopic (exact) mass is 380 g/mol. The number of ether oxygens (including phenoxy) is 1. The van der Waals surface area contributed by atoms with Crippen LogP contribution in [0.2, 0.25) is 0 Å². The van der Waals surface area contributed by atoms with Gasteiger partial charge in [-0.3, -0.25) is 4.79 Å². The fourth-order valence-electron chi connectivity index (χ4n) is 2.95. The van der Waals surface area contributed by atoms with Gasteiger partial charge in [0.1, 0.15) is 0 Å². The Morgan fingerprint density at radius 1 is 1.25 bits per heavy atom. The van der Waals surface area contributed by atoms with Crippen LogP contribution in [-0.4, -0.2) is 34.9 Å². The summed E-state index contributed by atoms with van der Waals surface area (Å²) in [4.78, 5) is 24.3. The molecule has 2 N–H and O–H groups in total. The molecule has 0 atom stereocenters. The van der Waals surface area contributed by atoms with Crippen LogP contribution in [0.15, 0.2) is 53.1 Å². The summed E-state index contributed by atoms with van der Waals surface area (Å²) in [7, 11) is 1.45. The summed E-state index contributed by atoms with van der Waals surface area (Å²) in [6.07, 6.45) is 2.92. The number of anilines is 1. The van der Waals surface area contributed by atoms with E-state index in [9.17, 15) is 19.8 Å². The molecule has 1 aliphatic heterocycles. The Balaban J connectivity index is 2.04. The molecule has 0 bridgehead atoms. The second-order valence-corrected chi connectivity index (χ2v) is 6.23. The molecule has 0 aromatic heterocycles. The maximum Gasteiger partial charge on any atom is 0.335 e. The van der Waals surface area contributed by atoms with Gasteiger partial charge < -0.3 is 14.9 Å². The maximum atomic E-state index is 13.0. The lowest BCUT2D eigenvalue weighted by molar-refractivity contribution is -0.114. The van der Waals surface area contributed by atoms with Crippen LogP contribution in [0.4, 0.5) is 5.69 Å². The first kappa shape index (κ1) is 19.2. The molecule has 28 heavy (non-hydrogen) atoms. The first-order valence-electron chi connectivity index (χ1n) is 8.79. The van der Waals surface area contributed by atoms with Crippen molar-refractivity contribution in [2.45, 2.75) is 19.8 Å². The van der Waals surface area contributed by atoms with E-state index < -0.39 is 5.97 Å². The van der Waals surface area contributed by atoms with Crippen molar-refractivity contribution < 1.29 is 24.5 Å². The average Bonchev–Trinajstić information content (AvgIpc) is 2.99. The van der Waals surface area contributed by atoms with Crippen molar-refractivity contribution in [3.63, 3.8) is 0 Å². The number of phenolic OH excluding ortho intramolecular Hbond substituents is 1. The van der Waals surface area contributed by atoms with Crippen molar-refractivity contribution in [1.82, 2.24) is 0 Å². The minimum absolute atomic E-state index is 0.0625. The lowest BCUT2D eigenvalue weighted by Gasteiger charge is -2.12. The second-order valence-electron chi connectivity index (χ2n) is 6.23. The van der Waals surface area contributed by atoms with Gasteiger partial charge in [0.05, 0.1) is 29.6 Å². The number of carbonyl (C=O) groups excluding carboxylic acids is 1. The number of amides is 1. The first-order valence-corrected chi connectivity index (χ1v) is 8.79. The summed E-state index contributed by atoms with van der Waals surface area (Å²) in [6.45, 7) is 1.97. The van der Waals surface area contributed by atoms with Gasteiger partial charge >= 0.3 is 5.97 Å². The Hall–Kier alpha value is -3.61. The maximum absolute atomic E-state index is 13.0. The Morgan fingerprint density at radius 2 is 2.00 bits per heavy atom. The molecule has 1 aliphatic rings. The van der Waals surface area contributed by atoms with E-state index in [4.69, 9.17) is 4.74 Å². The molecular weight excluding hydrogens is 360 g/mol. The van der Waals surface area contributed by atoms with Crippen LogP contribution < -0.4 is 9.75 Å². The smallest absolute Gasteiger partial charge is 0.335 e. The van der Waals surface area contributed by atoms with Gasteiger partial charge in [-0.2, -0.15) is 10.1 Å². The van der Waals surface area contributed by atoms with Crippen LogP contribution in [0.5, 0.6) is 11.5 Å². The Labute approximate surface area is 162 Å². The highest BCUT2D eigenvalue weighted by Crippen LogP contribution is 2.33. The van der Waals surface area contributed by atoms with Gasteiger partial charge in [-0.25, -0.2) is 4.79 Å². The van der Waals surface area contributed by atoms with Gasteiger partial charge in [-0.1, -0.05) is 31.5 Å². The van der Waals surface area contributed by atoms with Crippen LogP contribution >= 0.6 is 0 Å². The first-order chi connectivity index (χ1) is 13.5. The van der Waals surface area contributed by atoms with Crippen LogP contribution in [0.25, 0.3) is 6.08 Å². The summed E-state index contributed by atoms with van der Waals surface area (Å²) in [5, 5.41) is 25.1. The fraction of sp³-hybridized carbons (Fsp3) is 0.190. The number of aromatic hydroxyl groups is 1. The fourth-order valence-corrected chi connectivity index (χ4v) is 2.95. The van der Waals surface area contributed by atoms with E-state index in [0.717, 1.165) is 6.42 Å². The number of hydrogen-bond acceptors (Lipinski definition) is 5. The topological polar surface area (TPSA) is 99.4 Å². The van der Waals surface area contributed by atoms with Gasteiger partial charge in [-0.05, 0) is 36.8 Å². The molecule has 0 aliphatic carbocycles. The molecular formula is C21H20N2O5. The normalized spacial score (nSPS) is 15.1. The predicted octanol–water partition coefficient (Wildman–Crippen LogP) is 3.69. The molecule has 3 rings (SSSR count). The van der Waals surface area contributed by atoms with Crippen molar-refractivity contribution in [3.8, 4) is 11.5 Å². The number of benzene rings is 2. The number of para-hydroxylation sites is 1. The molecule has 0 saturated carbocycles. The number of carboxylic acids is 1. The summed E-state index contributed by atoms with van der Waals surface area (Å²) < 4.78 is 5.12. The highest BCUT2D eigenvalue weighted by molar-refractivity contribution is 6.32. The third kappa shape index (κ3) is 3.59. The third-order valence-electron chi connectivity index (χ3n) is 4.33. The predicted molar refractivity (Wildman–Crippen MR) is 106 cm³/mol. The van der Waals surface area contributed by atoms with Crippen molar-refractivity contribution in [2.75, 3.05) is 12.1 Å². The van der Waals surface area contributed by atoms with E-state index in [2.05, 4.69) is 5.10 Å². The Kier molecular flexibility index (Phi) is 5.44. The summed E-state index contributed by atoms with van der Waals surface area (Å²) in [6, 6.07) is 11.1. The quantitative estimate of drug-likeness (QED) is 0.745. The lowest BCUT2D eigenvalue weighted by Crippen LogP contribution is -2.21. The number of rotatable bonds is 6. The molecule has 0 saturated heterocycles. The molecule has 0 fully saturated rings. The summed E-state index contributed by atoms with van der Waals surface area (Å²) in [5.74, 6) is -1.22. The largest absolute Gasteiger partial charge is 0.504 e. The zero-order valence-electron chi connectivity index (χ0n) is 15.5. The van der Waals surface area contributed by atoms with Crippen LogP contribution in [0, 0.1) is 0 Å². The van der Waals surface area contributed by atoms with E-state index >= 15 is 0 Å². The SMILES string of the molecule is CCCC1=NN(c2cccc(C(=O)O)c2)C(=O)/C1=C/c1cccc(OC)c1O. The highest BCUT2D eigenvalue weighted by Gasteiger charge is 2.31. The molecule has 0 unspecified atom stereocenters. The van der Waals surface area contributed by atoms with E-state index in [1.807, 2.05) is 6.92 Å². The number of carboxylic acid groups (broad SMARTS) is 1. The molecule has 0 spiro atoms. The zero-order valence-corrected chi connectivity index (χ0v) is 15.5. The number of aromatic carboxylic acids is 1. The molecule has 1 heterocycles. The van der Waals surface area contributed by atoms with Gasteiger partial charge in [0.25, 0.3) is 5.91 Å². The molecule has 2 aromatic carbocycles. The van der Waals surface area contributed by atoms with Crippen molar-refractivity contribution in [1.29, 1.82) is 0 Å². The highest BCUT2D eigenvalue weighted by atomic mass is 16.5. The summed E-state index contributed by atoms with van der Waals surface area (Å²) >= 11 is 0. The minimum atomic E-state index is -1.08. The number of nitrogens with zero attached hydrogens (tertiary/aromatic N) is 2. The van der Waals surface area contributed by atoms with Crippen LogP contribution in [-0.2, 0) is 4.79 Å². The van der Waals surface area contributed by atoms with E-state index in [0.29, 0.717) is 34.7 Å². The average molecular weight is 380 g/mol. The van der Waals surface area contributed by atoms with Crippen molar-refractivity contribution in [2.24, 2.45) is 5.10 Å². The van der Waals surface area contributed by atoms with Crippen LogP contribution in [0.3, 0.4) is 0 Å². The van der Waals surface area contributed by atoms with Crippen molar-refractivity contribution >= 4 is 29.4 Å². The molecule has 144 valence electrons. The number of hydrogen-bond donors (Lipinski definition) is 2. The lowest BCUT2D eigenvalue weighted by atomic mass is 10.0. The van der Waals surface area contributed by atoms with Gasteiger partial charge in [0.2, 0.25) is 0 Å². The molecule has 7 heteroatoms. The van der Waals surface area contributed by atoms with Gasteiger partial charge in [0.15, 0.2) is 11.5 Å². The van der Waals surface area contributed by atoms with E-state index in [-0.39, 0.29) is 17.2 Å². The number of phenols is 1. The third-order valence-corrected chi connectivity index (χ3v) is 4.33. The molecule has 7 nitrogen and oxygen atoms in total. The molecule has 0 radical (unpaired) electrons. The second kappa shape index (κ2) is 7.96. The molecule has 2 aromatic rings. The van der Waals surface area contributed by atoms with E-state index in [1.54, 1.807) is 36.4 Å². The minimum Gasteiger partial charge on any atom is -0.504 e. The van der Waals surface area contributed by atoms with Gasteiger partial charge in [0, 0.05) is 5.56 Å². The Morgan fingerprint density at radius 3 is 2.68 bits per heavy atom. The standard InChI is InChI=1S/C21H20N2O5/c1-3-6-17-16(12-13-7-5-10-18(28-2)19(13)24)20(25)23(22-17)15-9-4-8-14(11-15)21(26)27/h4-5,7-12,24H,3,6H2,1-2H3,(H,26,27)/b16-12+. The number of hydrazone groups is 1. The number of carbonyl (C=O) groups is 2. The molecule has 1 amide bonds. The number of methoxy groups -OCH3 is 1. The van der Waals surface area contributed by atoms with E-state index in [1.165, 1.54) is 24.3 Å². The van der Waals surface area contributed by atoms with Crippen LogP contribution in [0.1, 0.15) is 35.7 Å². The summed E-state index contributed by atoms with van der Waals surface area (Å²) in [5.41, 5.74) is 1.81. The van der Waals surface area contributed by atoms with Gasteiger partial charge in [-0.15, -0.1) is 0 Å². The Bertz CT molecular complexity index is 994. The zero-order chi connectivity index (χ0) is 20.3. The van der Waals surface area contributed by atoms with Crippen molar-refractivity contribution in [3.05, 3.63) is 59.2 Å².